The van der Waals surface area contributed by atoms with E-state index in [2.05, 4.69) is 20.4 Å². The van der Waals surface area contributed by atoms with Crippen LogP contribution in [0.15, 0.2) is 36.9 Å². The summed E-state index contributed by atoms with van der Waals surface area (Å²) in [4.78, 5) is 0. The van der Waals surface area contributed by atoms with Gasteiger partial charge < -0.3 is 24.1 Å². The van der Waals surface area contributed by atoms with Crippen LogP contribution < -0.4 is 4.74 Å². The molecule has 1 aromatic carbocycles. The van der Waals surface area contributed by atoms with Crippen molar-refractivity contribution < 1.29 is 24.1 Å². The van der Waals surface area contributed by atoms with Crippen molar-refractivity contribution in [3.63, 3.8) is 0 Å². The van der Waals surface area contributed by atoms with E-state index in [1.165, 1.54) is 0 Å². The fourth-order valence-electron chi connectivity index (χ4n) is 6.71. The van der Waals surface area contributed by atoms with Gasteiger partial charge in [-0.05, 0) is 55.7 Å². The van der Waals surface area contributed by atoms with E-state index in [0.29, 0.717) is 26.2 Å². The second-order valence-corrected chi connectivity index (χ2v) is 9.90. The summed E-state index contributed by atoms with van der Waals surface area (Å²) in [5.74, 6) is 0.565. The van der Waals surface area contributed by atoms with E-state index in [1.54, 1.807) is 7.11 Å². The fraction of sp³-hybridized carbons (Fsp3) is 0.692. The van der Waals surface area contributed by atoms with Crippen LogP contribution in [0.25, 0.3) is 0 Å². The summed E-state index contributed by atoms with van der Waals surface area (Å²) in [6, 6.07) is 8.00. The quantitative estimate of drug-likeness (QED) is 0.626. The molecule has 1 aromatic rings. The van der Waals surface area contributed by atoms with Crippen molar-refractivity contribution in [2.45, 2.75) is 77.0 Å². The Bertz CT molecular complexity index is 756. The third-order valence-corrected chi connectivity index (χ3v) is 8.48. The number of rotatable bonds is 7. The second kappa shape index (κ2) is 8.86. The van der Waals surface area contributed by atoms with Crippen LogP contribution in [0.3, 0.4) is 0 Å². The highest BCUT2D eigenvalue weighted by molar-refractivity contribution is 5.26. The molecule has 0 aromatic heterocycles. The number of aliphatic hydroxyl groups is 1. The molecule has 1 aliphatic heterocycles. The summed E-state index contributed by atoms with van der Waals surface area (Å²) in [6.07, 6.45) is 6.70. The van der Waals surface area contributed by atoms with E-state index >= 15 is 0 Å². The Hall–Kier alpha value is -1.40. The minimum Gasteiger partial charge on any atom is -0.497 e. The lowest BCUT2D eigenvalue weighted by Crippen LogP contribution is -2.66. The minimum atomic E-state index is -0.522. The molecule has 5 heteroatoms. The Kier molecular flexibility index (Phi) is 6.51. The largest absolute Gasteiger partial charge is 0.497 e. The molecule has 2 saturated carbocycles. The smallest absolute Gasteiger partial charge is 0.174 e. The fourth-order valence-corrected chi connectivity index (χ4v) is 6.71. The number of methoxy groups -OCH3 is 1. The SMILES string of the molecule is C=CC[C@@H](O)[C@]1(C)[C@@H](OCc2ccc(OC)cc2)CC[C@@]2(C)[C@H]1CCCC21OCCO1. The van der Waals surface area contributed by atoms with Gasteiger partial charge in [0.05, 0.1) is 39.1 Å². The number of hydrogen-bond donors (Lipinski definition) is 1. The molecule has 0 bridgehead atoms. The lowest BCUT2D eigenvalue weighted by atomic mass is 9.46. The van der Waals surface area contributed by atoms with E-state index in [4.69, 9.17) is 18.9 Å². The van der Waals surface area contributed by atoms with Gasteiger partial charge in [-0.2, -0.15) is 0 Å². The molecule has 0 unspecified atom stereocenters. The average Bonchev–Trinajstić information content (AvgIpc) is 3.25. The van der Waals surface area contributed by atoms with Crippen molar-refractivity contribution in [1.82, 2.24) is 0 Å². The van der Waals surface area contributed by atoms with Gasteiger partial charge in [0.15, 0.2) is 5.79 Å². The van der Waals surface area contributed by atoms with Gasteiger partial charge in [-0.15, -0.1) is 6.58 Å². The Balaban J connectivity index is 1.61. The second-order valence-electron chi connectivity index (χ2n) is 9.90. The molecule has 4 rings (SSSR count). The van der Waals surface area contributed by atoms with Gasteiger partial charge >= 0.3 is 0 Å². The van der Waals surface area contributed by atoms with Crippen molar-refractivity contribution >= 4 is 0 Å². The first kappa shape index (κ1) is 22.8. The average molecular weight is 431 g/mol. The van der Waals surface area contributed by atoms with Gasteiger partial charge in [-0.25, -0.2) is 0 Å². The highest BCUT2D eigenvalue weighted by Gasteiger charge is 2.67. The van der Waals surface area contributed by atoms with E-state index in [0.717, 1.165) is 43.4 Å². The van der Waals surface area contributed by atoms with Crippen molar-refractivity contribution in [3.8, 4) is 5.75 Å². The Labute approximate surface area is 186 Å². The van der Waals surface area contributed by atoms with Gasteiger partial charge in [0.25, 0.3) is 0 Å². The van der Waals surface area contributed by atoms with E-state index in [9.17, 15) is 5.11 Å². The van der Waals surface area contributed by atoms with Crippen LogP contribution in [-0.4, -0.2) is 43.4 Å². The molecular formula is C26H38O5. The van der Waals surface area contributed by atoms with E-state index in [-0.39, 0.29) is 17.4 Å². The molecule has 0 radical (unpaired) electrons. The summed E-state index contributed by atoms with van der Waals surface area (Å²) in [5.41, 5.74) is 0.562. The van der Waals surface area contributed by atoms with Crippen LogP contribution in [0, 0.1) is 16.7 Å². The van der Waals surface area contributed by atoms with Gasteiger partial charge in [-0.3, -0.25) is 0 Å². The molecule has 172 valence electrons. The minimum absolute atomic E-state index is 0.0424. The van der Waals surface area contributed by atoms with Crippen LogP contribution in [0.2, 0.25) is 0 Å². The zero-order chi connectivity index (χ0) is 22.1. The van der Waals surface area contributed by atoms with Crippen LogP contribution in [-0.2, 0) is 20.8 Å². The van der Waals surface area contributed by atoms with Crippen LogP contribution in [0.5, 0.6) is 5.75 Å². The Morgan fingerprint density at radius 2 is 1.87 bits per heavy atom. The predicted molar refractivity (Wildman–Crippen MR) is 120 cm³/mol. The van der Waals surface area contributed by atoms with Gasteiger partial charge in [0, 0.05) is 17.3 Å². The van der Waals surface area contributed by atoms with Gasteiger partial charge in [-0.1, -0.05) is 32.1 Å². The standard InChI is InChI=1S/C26H38O5/c1-5-7-22(27)25(3)21-8-6-14-26(30-16-17-31-26)24(21,2)15-13-23(25)29-18-19-9-11-20(28-4)12-10-19/h5,9-12,21-23,27H,1,6-8,13-18H2,2-4H3/t21-,22-,23+,24+,25-/m1/s1. The monoisotopic (exact) mass is 430 g/mol. The molecular weight excluding hydrogens is 392 g/mol. The van der Waals surface area contributed by atoms with Gasteiger partial charge in [0.2, 0.25) is 0 Å². The molecule has 1 heterocycles. The maximum atomic E-state index is 11.4. The summed E-state index contributed by atoms with van der Waals surface area (Å²) in [7, 11) is 1.67. The topological polar surface area (TPSA) is 57.2 Å². The maximum absolute atomic E-state index is 11.4. The molecule has 0 amide bonds. The van der Waals surface area contributed by atoms with Crippen molar-refractivity contribution in [2.75, 3.05) is 20.3 Å². The summed E-state index contributed by atoms with van der Waals surface area (Å²) < 4.78 is 24.4. The molecule has 1 N–H and O–H groups in total. The number of hydrogen-bond acceptors (Lipinski definition) is 5. The normalized spacial score (nSPS) is 35.5. The highest BCUT2D eigenvalue weighted by atomic mass is 16.7. The Morgan fingerprint density at radius 3 is 2.52 bits per heavy atom. The molecule has 31 heavy (non-hydrogen) atoms. The number of benzene rings is 1. The number of fused-ring (bicyclic) bond motifs is 2. The van der Waals surface area contributed by atoms with E-state index in [1.807, 2.05) is 30.3 Å². The first-order valence-corrected chi connectivity index (χ1v) is 11.7. The molecule has 3 aliphatic rings. The van der Waals surface area contributed by atoms with Crippen LogP contribution in [0.1, 0.15) is 57.9 Å². The summed E-state index contributed by atoms with van der Waals surface area (Å²) in [5, 5.41) is 11.4. The third kappa shape index (κ3) is 3.74. The summed E-state index contributed by atoms with van der Waals surface area (Å²) in [6.45, 7) is 10.3. The van der Waals surface area contributed by atoms with Crippen molar-refractivity contribution in [3.05, 3.63) is 42.5 Å². The van der Waals surface area contributed by atoms with Crippen LogP contribution >= 0.6 is 0 Å². The lowest BCUT2D eigenvalue weighted by Gasteiger charge is -2.63. The maximum Gasteiger partial charge on any atom is 0.174 e. The molecule has 1 spiro atoms. The van der Waals surface area contributed by atoms with Crippen molar-refractivity contribution in [2.24, 2.45) is 16.7 Å². The molecule has 3 fully saturated rings. The zero-order valence-corrected chi connectivity index (χ0v) is 19.3. The molecule has 2 aliphatic carbocycles. The van der Waals surface area contributed by atoms with Gasteiger partial charge in [0.1, 0.15) is 5.75 Å². The predicted octanol–water partition coefficient (Wildman–Crippen LogP) is 4.87. The van der Waals surface area contributed by atoms with Crippen LogP contribution in [0.4, 0.5) is 0 Å². The lowest BCUT2D eigenvalue weighted by molar-refractivity contribution is -0.314. The highest BCUT2D eigenvalue weighted by Crippen LogP contribution is 2.65. The summed E-state index contributed by atoms with van der Waals surface area (Å²) >= 11 is 0. The number of ether oxygens (including phenoxy) is 4. The first-order valence-electron chi connectivity index (χ1n) is 11.7. The zero-order valence-electron chi connectivity index (χ0n) is 19.3. The Morgan fingerprint density at radius 1 is 1.16 bits per heavy atom. The van der Waals surface area contributed by atoms with E-state index < -0.39 is 17.3 Å². The first-order chi connectivity index (χ1) is 14.9. The molecule has 5 nitrogen and oxygen atoms in total. The molecule has 5 atom stereocenters. The molecule has 1 saturated heterocycles. The van der Waals surface area contributed by atoms with Crippen molar-refractivity contribution in [1.29, 1.82) is 0 Å². The number of aliphatic hydroxyl groups excluding tert-OH is 1. The third-order valence-electron chi connectivity index (χ3n) is 8.48.